The molecule has 0 atom stereocenters. The molecule has 1 aliphatic heterocycles. The highest BCUT2D eigenvalue weighted by molar-refractivity contribution is 9.10. The van der Waals surface area contributed by atoms with Crippen LogP contribution in [0, 0.1) is 0 Å². The summed E-state index contributed by atoms with van der Waals surface area (Å²) < 4.78 is 11.7. The topological polar surface area (TPSA) is 56.3 Å². The third-order valence-corrected chi connectivity index (χ3v) is 2.88. The zero-order valence-corrected chi connectivity index (χ0v) is 11.0. The van der Waals surface area contributed by atoms with Gasteiger partial charge in [-0.1, -0.05) is 0 Å². The summed E-state index contributed by atoms with van der Waals surface area (Å²) in [6.07, 6.45) is 1.49. The van der Waals surface area contributed by atoms with E-state index in [-0.39, 0.29) is 0 Å². The molecule has 0 bridgehead atoms. The Morgan fingerprint density at radius 1 is 1.06 bits per heavy atom. The number of ether oxygens (including phenoxy) is 2. The second-order valence-electron chi connectivity index (χ2n) is 3.71. The number of halogens is 1. The van der Waals surface area contributed by atoms with Crippen LogP contribution in [0.2, 0.25) is 0 Å². The summed E-state index contributed by atoms with van der Waals surface area (Å²) in [6.45, 7) is 1.17. The number of benzene rings is 1. The van der Waals surface area contributed by atoms with Crippen LogP contribution in [0.4, 0.5) is 11.5 Å². The van der Waals surface area contributed by atoms with Crippen LogP contribution >= 0.6 is 15.9 Å². The minimum Gasteiger partial charge on any atom is -0.486 e. The minimum atomic E-state index is 0.579. The van der Waals surface area contributed by atoms with Crippen molar-refractivity contribution in [3.05, 3.63) is 35.2 Å². The van der Waals surface area contributed by atoms with Gasteiger partial charge in [-0.15, -0.1) is 0 Å². The van der Waals surface area contributed by atoms with Crippen molar-refractivity contribution < 1.29 is 9.47 Å². The van der Waals surface area contributed by atoms with Gasteiger partial charge >= 0.3 is 0 Å². The van der Waals surface area contributed by atoms with E-state index in [4.69, 9.17) is 9.47 Å². The molecule has 1 aromatic heterocycles. The maximum atomic E-state index is 5.52. The number of fused-ring (bicyclic) bond motifs is 1. The Balaban J connectivity index is 1.85. The minimum absolute atomic E-state index is 0.579. The van der Waals surface area contributed by atoms with Crippen molar-refractivity contribution in [1.82, 2.24) is 9.97 Å². The lowest BCUT2D eigenvalue weighted by molar-refractivity contribution is 0.171. The average Bonchev–Trinajstić information content (AvgIpc) is 2.39. The summed E-state index contributed by atoms with van der Waals surface area (Å²) in [5.41, 5.74) is 0.893. The average molecular weight is 308 g/mol. The first kappa shape index (κ1) is 11.3. The molecule has 2 heterocycles. The van der Waals surface area contributed by atoms with E-state index in [1.165, 1.54) is 6.33 Å². The monoisotopic (exact) mass is 307 g/mol. The molecule has 0 unspecified atom stereocenters. The summed E-state index contributed by atoms with van der Waals surface area (Å²) in [7, 11) is 0. The lowest BCUT2D eigenvalue weighted by Crippen LogP contribution is -2.15. The smallest absolute Gasteiger partial charge is 0.163 e. The highest BCUT2D eigenvalue weighted by Gasteiger charge is 2.11. The molecular formula is C12H10BrN3O2. The lowest BCUT2D eigenvalue weighted by atomic mass is 10.2. The third-order valence-electron chi connectivity index (χ3n) is 2.45. The van der Waals surface area contributed by atoms with Crippen molar-refractivity contribution in [3.8, 4) is 11.5 Å². The van der Waals surface area contributed by atoms with Crippen LogP contribution in [0.15, 0.2) is 35.2 Å². The van der Waals surface area contributed by atoms with Gasteiger partial charge in [0, 0.05) is 17.8 Å². The second-order valence-corrected chi connectivity index (χ2v) is 4.52. The van der Waals surface area contributed by atoms with Crippen LogP contribution in [0.1, 0.15) is 0 Å². The van der Waals surface area contributed by atoms with Crippen molar-refractivity contribution in [3.63, 3.8) is 0 Å². The first-order chi connectivity index (χ1) is 8.81. The molecular weight excluding hydrogens is 298 g/mol. The number of anilines is 2. The van der Waals surface area contributed by atoms with Gasteiger partial charge in [0.25, 0.3) is 0 Å². The molecule has 18 heavy (non-hydrogen) atoms. The third kappa shape index (κ3) is 2.38. The largest absolute Gasteiger partial charge is 0.486 e. The molecule has 5 nitrogen and oxygen atoms in total. The zero-order valence-electron chi connectivity index (χ0n) is 9.39. The normalized spacial score (nSPS) is 13.2. The fraction of sp³-hybridized carbons (Fsp3) is 0.167. The predicted molar refractivity (Wildman–Crippen MR) is 70.4 cm³/mol. The summed E-state index contributed by atoms with van der Waals surface area (Å²) in [6, 6.07) is 7.50. The SMILES string of the molecule is Brc1cc(Nc2ccc3c(c2)OCCO3)ncn1. The summed E-state index contributed by atoms with van der Waals surface area (Å²) >= 11 is 3.30. The molecule has 0 amide bonds. The van der Waals surface area contributed by atoms with E-state index < -0.39 is 0 Å². The molecule has 1 aromatic carbocycles. The van der Waals surface area contributed by atoms with E-state index in [1.54, 1.807) is 6.07 Å². The van der Waals surface area contributed by atoms with Crippen molar-refractivity contribution in [1.29, 1.82) is 0 Å². The van der Waals surface area contributed by atoms with Gasteiger partial charge in [-0.2, -0.15) is 0 Å². The van der Waals surface area contributed by atoms with Crippen LogP contribution in [-0.2, 0) is 0 Å². The Morgan fingerprint density at radius 2 is 1.89 bits per heavy atom. The van der Waals surface area contributed by atoms with Gasteiger partial charge in [0.15, 0.2) is 11.5 Å². The Labute approximate surface area is 112 Å². The van der Waals surface area contributed by atoms with E-state index in [9.17, 15) is 0 Å². The quantitative estimate of drug-likeness (QED) is 0.865. The number of hydrogen-bond acceptors (Lipinski definition) is 5. The van der Waals surface area contributed by atoms with Crippen LogP contribution in [0.25, 0.3) is 0 Å². The van der Waals surface area contributed by atoms with Crippen LogP contribution < -0.4 is 14.8 Å². The van der Waals surface area contributed by atoms with Gasteiger partial charge in [-0.25, -0.2) is 9.97 Å². The van der Waals surface area contributed by atoms with Gasteiger partial charge in [-0.3, -0.25) is 0 Å². The molecule has 0 spiro atoms. The molecule has 1 N–H and O–H groups in total. The Bertz CT molecular complexity index is 577. The van der Waals surface area contributed by atoms with E-state index in [0.717, 1.165) is 21.8 Å². The maximum absolute atomic E-state index is 5.52. The van der Waals surface area contributed by atoms with Gasteiger partial charge in [0.1, 0.15) is 30.0 Å². The van der Waals surface area contributed by atoms with E-state index >= 15 is 0 Å². The number of aromatic nitrogens is 2. The highest BCUT2D eigenvalue weighted by atomic mass is 79.9. The van der Waals surface area contributed by atoms with Gasteiger partial charge in [0.05, 0.1) is 0 Å². The van der Waals surface area contributed by atoms with E-state index in [2.05, 4.69) is 31.2 Å². The molecule has 92 valence electrons. The molecule has 2 aromatic rings. The molecule has 0 radical (unpaired) electrons. The van der Waals surface area contributed by atoms with Gasteiger partial charge < -0.3 is 14.8 Å². The van der Waals surface area contributed by atoms with Gasteiger partial charge in [-0.05, 0) is 28.1 Å². The number of nitrogens with one attached hydrogen (secondary N) is 1. The van der Waals surface area contributed by atoms with Crippen molar-refractivity contribution in [2.24, 2.45) is 0 Å². The molecule has 0 saturated carbocycles. The van der Waals surface area contributed by atoms with Crippen molar-refractivity contribution in [2.75, 3.05) is 18.5 Å². The molecule has 3 rings (SSSR count). The van der Waals surface area contributed by atoms with Crippen LogP contribution in [0.3, 0.4) is 0 Å². The van der Waals surface area contributed by atoms with Crippen molar-refractivity contribution >= 4 is 27.4 Å². The molecule has 1 aliphatic rings. The Hall–Kier alpha value is -1.82. The maximum Gasteiger partial charge on any atom is 0.163 e. The number of hydrogen-bond donors (Lipinski definition) is 1. The summed E-state index contributed by atoms with van der Waals surface area (Å²) in [4.78, 5) is 8.10. The summed E-state index contributed by atoms with van der Waals surface area (Å²) in [5, 5.41) is 3.18. The molecule has 6 heteroatoms. The van der Waals surface area contributed by atoms with Crippen LogP contribution in [0.5, 0.6) is 11.5 Å². The number of rotatable bonds is 2. The van der Waals surface area contributed by atoms with E-state index in [0.29, 0.717) is 19.0 Å². The first-order valence-electron chi connectivity index (χ1n) is 5.45. The fourth-order valence-corrected chi connectivity index (χ4v) is 1.98. The Morgan fingerprint density at radius 3 is 2.72 bits per heavy atom. The standard InChI is InChI=1S/C12H10BrN3O2/c13-11-6-12(15-7-14-11)16-8-1-2-9-10(5-8)18-4-3-17-9/h1-2,5-7H,3-4H2,(H,14,15,16). The van der Waals surface area contributed by atoms with Gasteiger partial charge in [0.2, 0.25) is 0 Å². The van der Waals surface area contributed by atoms with Crippen molar-refractivity contribution in [2.45, 2.75) is 0 Å². The highest BCUT2D eigenvalue weighted by Crippen LogP contribution is 2.33. The lowest BCUT2D eigenvalue weighted by Gasteiger charge is -2.19. The summed E-state index contributed by atoms with van der Waals surface area (Å²) in [5.74, 6) is 2.24. The second kappa shape index (κ2) is 4.81. The molecule has 0 aliphatic carbocycles. The predicted octanol–water partition coefficient (Wildman–Crippen LogP) is 2.75. The molecule has 0 saturated heterocycles. The van der Waals surface area contributed by atoms with E-state index in [1.807, 2.05) is 18.2 Å². The first-order valence-corrected chi connectivity index (χ1v) is 6.25. The Kier molecular flexibility index (Phi) is 3.02. The molecule has 0 fully saturated rings. The van der Waals surface area contributed by atoms with Crippen LogP contribution in [-0.4, -0.2) is 23.2 Å². The fourth-order valence-electron chi connectivity index (χ4n) is 1.67. The number of nitrogens with zero attached hydrogens (tertiary/aromatic N) is 2. The zero-order chi connectivity index (χ0) is 12.4.